The van der Waals surface area contributed by atoms with Gasteiger partial charge in [-0.1, -0.05) is 50.5 Å². The van der Waals surface area contributed by atoms with Crippen LogP contribution in [0.5, 0.6) is 0 Å². The average Bonchev–Trinajstić information content (AvgIpc) is 2.37. The highest BCUT2D eigenvalue weighted by atomic mass is 14.7. The fourth-order valence-corrected chi connectivity index (χ4v) is 3.81. The Morgan fingerprint density at radius 1 is 1.00 bits per heavy atom. The summed E-state index contributed by atoms with van der Waals surface area (Å²) in [5, 5.41) is 0. The first kappa shape index (κ1) is 13.2. The summed E-state index contributed by atoms with van der Waals surface area (Å²) in [5.41, 5.74) is 9.38. The Labute approximate surface area is 117 Å². The number of hydrogen-bond acceptors (Lipinski definition) is 1. The highest BCUT2D eigenvalue weighted by Crippen LogP contribution is 2.38. The van der Waals surface area contributed by atoms with E-state index in [4.69, 9.17) is 5.73 Å². The first-order valence-electron chi connectivity index (χ1n) is 8.09. The van der Waals surface area contributed by atoms with Gasteiger partial charge in [-0.15, -0.1) is 0 Å². The predicted molar refractivity (Wildman–Crippen MR) is 81.1 cm³/mol. The molecule has 0 radical (unpaired) electrons. The van der Waals surface area contributed by atoms with E-state index in [1.54, 1.807) is 0 Å². The minimum Gasteiger partial charge on any atom is -0.324 e. The van der Waals surface area contributed by atoms with Crippen LogP contribution in [0.15, 0.2) is 24.3 Å². The molecule has 0 amide bonds. The van der Waals surface area contributed by atoms with Crippen LogP contribution in [0.4, 0.5) is 0 Å². The Morgan fingerprint density at radius 3 is 2.26 bits per heavy atom. The van der Waals surface area contributed by atoms with E-state index in [1.807, 2.05) is 0 Å². The van der Waals surface area contributed by atoms with Crippen LogP contribution in [-0.4, -0.2) is 0 Å². The smallest absolute Gasteiger partial charge is 0.0323 e. The molecule has 0 aliphatic heterocycles. The SMILES string of the molecule is CC1CCCC(C(N)c2ccc(C3CCC3)cc2)C1. The number of rotatable bonds is 3. The minimum absolute atomic E-state index is 0.248. The molecule has 2 N–H and O–H groups in total. The van der Waals surface area contributed by atoms with Gasteiger partial charge < -0.3 is 5.73 Å². The molecular weight excluding hydrogens is 230 g/mol. The molecular formula is C18H27N. The molecule has 0 heterocycles. The summed E-state index contributed by atoms with van der Waals surface area (Å²) in [7, 11) is 0. The Hall–Kier alpha value is -0.820. The van der Waals surface area contributed by atoms with Crippen molar-refractivity contribution < 1.29 is 0 Å². The zero-order chi connectivity index (χ0) is 13.2. The van der Waals surface area contributed by atoms with E-state index in [-0.39, 0.29) is 6.04 Å². The van der Waals surface area contributed by atoms with Gasteiger partial charge in [-0.05, 0) is 54.6 Å². The first-order chi connectivity index (χ1) is 9.24. The lowest BCUT2D eigenvalue weighted by Gasteiger charge is -2.32. The quantitative estimate of drug-likeness (QED) is 0.828. The van der Waals surface area contributed by atoms with Crippen LogP contribution >= 0.6 is 0 Å². The summed E-state index contributed by atoms with van der Waals surface area (Å²) in [6, 6.07) is 9.48. The fraction of sp³-hybridized carbons (Fsp3) is 0.667. The Morgan fingerprint density at radius 2 is 1.68 bits per heavy atom. The van der Waals surface area contributed by atoms with Gasteiger partial charge in [0, 0.05) is 6.04 Å². The summed E-state index contributed by atoms with van der Waals surface area (Å²) in [5.74, 6) is 2.39. The second kappa shape index (κ2) is 5.66. The van der Waals surface area contributed by atoms with Crippen molar-refractivity contribution in [1.82, 2.24) is 0 Å². The Bertz CT molecular complexity index is 404. The van der Waals surface area contributed by atoms with E-state index in [0.29, 0.717) is 5.92 Å². The molecule has 1 heteroatoms. The van der Waals surface area contributed by atoms with Crippen molar-refractivity contribution in [3.05, 3.63) is 35.4 Å². The van der Waals surface area contributed by atoms with Gasteiger partial charge in [0.15, 0.2) is 0 Å². The van der Waals surface area contributed by atoms with Crippen LogP contribution < -0.4 is 5.73 Å². The average molecular weight is 257 g/mol. The van der Waals surface area contributed by atoms with Crippen LogP contribution in [0.2, 0.25) is 0 Å². The summed E-state index contributed by atoms with van der Waals surface area (Å²) >= 11 is 0. The van der Waals surface area contributed by atoms with Gasteiger partial charge in [0.05, 0.1) is 0 Å². The third-order valence-corrected chi connectivity index (χ3v) is 5.38. The fourth-order valence-electron chi connectivity index (χ4n) is 3.81. The molecule has 3 unspecified atom stereocenters. The monoisotopic (exact) mass is 257 g/mol. The Kier molecular flexibility index (Phi) is 3.93. The maximum atomic E-state index is 6.50. The van der Waals surface area contributed by atoms with Crippen molar-refractivity contribution in [3.8, 4) is 0 Å². The van der Waals surface area contributed by atoms with Gasteiger partial charge in [0.25, 0.3) is 0 Å². The van der Waals surface area contributed by atoms with Crippen molar-refractivity contribution in [2.24, 2.45) is 17.6 Å². The molecule has 0 saturated heterocycles. The lowest BCUT2D eigenvalue weighted by Crippen LogP contribution is -2.26. The molecule has 19 heavy (non-hydrogen) atoms. The lowest BCUT2D eigenvalue weighted by atomic mass is 9.76. The van der Waals surface area contributed by atoms with Crippen LogP contribution in [0, 0.1) is 11.8 Å². The molecule has 104 valence electrons. The molecule has 1 nitrogen and oxygen atoms in total. The van der Waals surface area contributed by atoms with Crippen molar-refractivity contribution in [3.63, 3.8) is 0 Å². The van der Waals surface area contributed by atoms with E-state index < -0.39 is 0 Å². The normalized spacial score (nSPS) is 29.8. The second-order valence-electron chi connectivity index (χ2n) is 6.85. The van der Waals surface area contributed by atoms with Gasteiger partial charge in [0.1, 0.15) is 0 Å². The third-order valence-electron chi connectivity index (χ3n) is 5.38. The summed E-state index contributed by atoms with van der Waals surface area (Å²) in [4.78, 5) is 0. The molecule has 0 aromatic heterocycles. The standard InChI is InChI=1S/C18H27N/c1-13-4-2-7-17(12-13)18(19)16-10-8-15(9-11-16)14-5-3-6-14/h8-11,13-14,17-18H,2-7,12,19H2,1H3. The van der Waals surface area contributed by atoms with Crippen molar-refractivity contribution in [2.45, 2.75) is 63.8 Å². The molecule has 2 aliphatic carbocycles. The zero-order valence-corrected chi connectivity index (χ0v) is 12.1. The van der Waals surface area contributed by atoms with Gasteiger partial charge in [-0.2, -0.15) is 0 Å². The van der Waals surface area contributed by atoms with Gasteiger partial charge in [0.2, 0.25) is 0 Å². The lowest BCUT2D eigenvalue weighted by molar-refractivity contribution is 0.248. The van der Waals surface area contributed by atoms with Gasteiger partial charge in [-0.3, -0.25) is 0 Å². The highest BCUT2D eigenvalue weighted by molar-refractivity contribution is 5.28. The molecule has 2 saturated carbocycles. The maximum absolute atomic E-state index is 6.50. The first-order valence-corrected chi connectivity index (χ1v) is 8.09. The second-order valence-corrected chi connectivity index (χ2v) is 6.85. The van der Waals surface area contributed by atoms with E-state index in [1.165, 1.54) is 56.1 Å². The number of hydrogen-bond donors (Lipinski definition) is 1. The van der Waals surface area contributed by atoms with Crippen molar-refractivity contribution in [2.75, 3.05) is 0 Å². The molecule has 0 bridgehead atoms. The van der Waals surface area contributed by atoms with E-state index in [9.17, 15) is 0 Å². The van der Waals surface area contributed by atoms with Crippen LogP contribution in [0.25, 0.3) is 0 Å². The predicted octanol–water partition coefficient (Wildman–Crippen LogP) is 4.78. The van der Waals surface area contributed by atoms with Crippen LogP contribution in [-0.2, 0) is 0 Å². The number of nitrogens with two attached hydrogens (primary N) is 1. The summed E-state index contributed by atoms with van der Waals surface area (Å²) in [6.45, 7) is 2.37. The summed E-state index contributed by atoms with van der Waals surface area (Å²) < 4.78 is 0. The molecule has 2 fully saturated rings. The Balaban J connectivity index is 1.66. The third kappa shape index (κ3) is 2.86. The topological polar surface area (TPSA) is 26.0 Å². The zero-order valence-electron chi connectivity index (χ0n) is 12.1. The maximum Gasteiger partial charge on any atom is 0.0323 e. The minimum atomic E-state index is 0.248. The van der Waals surface area contributed by atoms with Crippen molar-refractivity contribution >= 4 is 0 Å². The molecule has 3 atom stereocenters. The highest BCUT2D eigenvalue weighted by Gasteiger charge is 2.25. The molecule has 2 aliphatic rings. The summed E-state index contributed by atoms with van der Waals surface area (Å²) in [6.07, 6.45) is 9.55. The van der Waals surface area contributed by atoms with Crippen molar-refractivity contribution in [1.29, 1.82) is 0 Å². The van der Waals surface area contributed by atoms with Crippen LogP contribution in [0.3, 0.4) is 0 Å². The van der Waals surface area contributed by atoms with Crippen LogP contribution in [0.1, 0.15) is 75.0 Å². The van der Waals surface area contributed by atoms with E-state index in [0.717, 1.165) is 11.8 Å². The molecule has 0 spiro atoms. The van der Waals surface area contributed by atoms with Gasteiger partial charge in [-0.25, -0.2) is 0 Å². The van der Waals surface area contributed by atoms with E-state index in [2.05, 4.69) is 31.2 Å². The molecule has 1 aromatic rings. The molecule has 1 aromatic carbocycles. The number of benzene rings is 1. The largest absolute Gasteiger partial charge is 0.324 e. The molecule has 3 rings (SSSR count). The van der Waals surface area contributed by atoms with Gasteiger partial charge >= 0.3 is 0 Å². The van der Waals surface area contributed by atoms with E-state index >= 15 is 0 Å².